The maximum Gasteiger partial charge on any atom is 0.328 e. The number of carboxylic acids is 1. The van der Waals surface area contributed by atoms with Crippen molar-refractivity contribution in [2.24, 2.45) is 0 Å². The summed E-state index contributed by atoms with van der Waals surface area (Å²) >= 11 is 0. The second-order valence-corrected chi connectivity index (χ2v) is 8.34. The number of halogens is 1. The molecule has 2 amide bonds. The standard InChI is InChI=1S/C27H26FN5O4/c1-16(24(27(36)37)32-17(2)34)31-26(35)22-10-11-23(21-9-4-3-7-19(21)15-29)33-25(22)30-13-12-18-6-5-8-20(28)14-18/h3-11,14,16,24H,12-13H2,1-2H3,(H,30,33)(H,31,35)(H,32,34)(H,36,37)/t16?,24-/m0/s1. The van der Waals surface area contributed by atoms with Crippen LogP contribution in [0, 0.1) is 17.1 Å². The molecule has 0 bridgehead atoms. The van der Waals surface area contributed by atoms with Crippen molar-refractivity contribution < 1.29 is 23.9 Å². The number of hydrogen-bond donors (Lipinski definition) is 4. The maximum absolute atomic E-state index is 13.5. The molecule has 0 spiro atoms. The van der Waals surface area contributed by atoms with Crippen LogP contribution in [0.2, 0.25) is 0 Å². The molecule has 3 rings (SSSR count). The number of pyridine rings is 1. The molecule has 0 aliphatic heterocycles. The molecule has 2 aromatic carbocycles. The van der Waals surface area contributed by atoms with Gasteiger partial charge in [0.15, 0.2) is 0 Å². The minimum absolute atomic E-state index is 0.135. The van der Waals surface area contributed by atoms with Crippen molar-refractivity contribution in [3.05, 3.63) is 83.2 Å². The fourth-order valence-corrected chi connectivity index (χ4v) is 3.74. The van der Waals surface area contributed by atoms with Gasteiger partial charge in [-0.25, -0.2) is 14.2 Å². The Labute approximate surface area is 213 Å². The zero-order valence-corrected chi connectivity index (χ0v) is 20.3. The van der Waals surface area contributed by atoms with Crippen LogP contribution in [0.5, 0.6) is 0 Å². The number of nitriles is 1. The number of amides is 2. The summed E-state index contributed by atoms with van der Waals surface area (Å²) in [5.74, 6) is -2.59. The molecule has 190 valence electrons. The number of aromatic nitrogens is 1. The highest BCUT2D eigenvalue weighted by atomic mass is 19.1. The van der Waals surface area contributed by atoms with Crippen molar-refractivity contribution in [2.75, 3.05) is 11.9 Å². The molecule has 0 aliphatic rings. The molecule has 2 atom stereocenters. The number of carboxylic acid groups (broad SMARTS) is 1. The largest absolute Gasteiger partial charge is 0.480 e. The number of anilines is 1. The van der Waals surface area contributed by atoms with Crippen molar-refractivity contribution in [3.8, 4) is 17.3 Å². The molecule has 9 nitrogen and oxygen atoms in total. The summed E-state index contributed by atoms with van der Waals surface area (Å²) < 4.78 is 13.5. The van der Waals surface area contributed by atoms with Gasteiger partial charge in [0.25, 0.3) is 5.91 Å². The van der Waals surface area contributed by atoms with Gasteiger partial charge in [-0.05, 0) is 49.2 Å². The topological polar surface area (TPSA) is 144 Å². The maximum atomic E-state index is 13.5. The molecule has 0 saturated carbocycles. The van der Waals surface area contributed by atoms with Crippen LogP contribution in [-0.4, -0.2) is 46.5 Å². The van der Waals surface area contributed by atoms with Gasteiger partial charge in [0.2, 0.25) is 5.91 Å². The summed E-state index contributed by atoms with van der Waals surface area (Å²) in [6.07, 6.45) is 0.444. The number of carbonyl (C=O) groups excluding carboxylic acids is 2. The third-order valence-electron chi connectivity index (χ3n) is 5.54. The molecule has 0 radical (unpaired) electrons. The summed E-state index contributed by atoms with van der Waals surface area (Å²) in [6, 6.07) is 16.0. The zero-order valence-electron chi connectivity index (χ0n) is 20.3. The fourth-order valence-electron chi connectivity index (χ4n) is 3.74. The van der Waals surface area contributed by atoms with Gasteiger partial charge in [-0.1, -0.05) is 30.3 Å². The van der Waals surface area contributed by atoms with E-state index in [1.54, 1.807) is 42.5 Å². The third-order valence-corrected chi connectivity index (χ3v) is 5.54. The lowest BCUT2D eigenvalue weighted by molar-refractivity contribution is -0.142. The number of nitrogens with one attached hydrogen (secondary N) is 3. The van der Waals surface area contributed by atoms with Gasteiger partial charge in [-0.2, -0.15) is 5.26 Å². The lowest BCUT2D eigenvalue weighted by atomic mass is 10.0. The predicted octanol–water partition coefficient (Wildman–Crippen LogP) is 3.12. The summed E-state index contributed by atoms with van der Waals surface area (Å²) in [5, 5.41) is 26.9. The zero-order chi connectivity index (χ0) is 26.9. The third kappa shape index (κ3) is 7.11. The molecule has 0 fully saturated rings. The van der Waals surface area contributed by atoms with Crippen LogP contribution in [-0.2, 0) is 16.0 Å². The Morgan fingerprint density at radius 2 is 1.84 bits per heavy atom. The minimum Gasteiger partial charge on any atom is -0.480 e. The number of rotatable bonds is 10. The van der Waals surface area contributed by atoms with E-state index in [4.69, 9.17) is 0 Å². The number of benzene rings is 2. The molecule has 0 aliphatic carbocycles. The number of carbonyl (C=O) groups is 3. The monoisotopic (exact) mass is 503 g/mol. The average molecular weight is 504 g/mol. The minimum atomic E-state index is -1.33. The van der Waals surface area contributed by atoms with Crippen LogP contribution in [0.4, 0.5) is 10.2 Å². The van der Waals surface area contributed by atoms with Gasteiger partial charge in [0.1, 0.15) is 17.7 Å². The summed E-state index contributed by atoms with van der Waals surface area (Å²) in [5.41, 5.74) is 2.33. The Balaban J connectivity index is 1.90. The lowest BCUT2D eigenvalue weighted by Crippen LogP contribution is -2.53. The molecule has 10 heteroatoms. The van der Waals surface area contributed by atoms with Crippen molar-refractivity contribution in [1.29, 1.82) is 5.26 Å². The van der Waals surface area contributed by atoms with Crippen molar-refractivity contribution in [1.82, 2.24) is 15.6 Å². The molecule has 1 heterocycles. The van der Waals surface area contributed by atoms with E-state index in [0.29, 0.717) is 29.8 Å². The quantitative estimate of drug-likeness (QED) is 0.333. The SMILES string of the molecule is CC(=O)N[C@H](C(=O)O)C(C)NC(=O)c1ccc(-c2ccccc2C#N)nc1NCCc1cccc(F)c1. The van der Waals surface area contributed by atoms with E-state index < -0.39 is 29.9 Å². The number of aliphatic carboxylic acids is 1. The first kappa shape index (κ1) is 26.8. The van der Waals surface area contributed by atoms with Crippen LogP contribution in [0.3, 0.4) is 0 Å². The van der Waals surface area contributed by atoms with Crippen LogP contribution in [0.25, 0.3) is 11.3 Å². The van der Waals surface area contributed by atoms with E-state index in [2.05, 4.69) is 27.0 Å². The predicted molar refractivity (Wildman–Crippen MR) is 135 cm³/mol. The van der Waals surface area contributed by atoms with Crippen LogP contribution in [0.1, 0.15) is 35.3 Å². The highest BCUT2D eigenvalue weighted by Crippen LogP contribution is 2.25. The van der Waals surface area contributed by atoms with Crippen molar-refractivity contribution >= 4 is 23.6 Å². The summed E-state index contributed by atoms with van der Waals surface area (Å²) in [6.45, 7) is 2.97. The smallest absolute Gasteiger partial charge is 0.328 e. The van der Waals surface area contributed by atoms with Crippen LogP contribution in [0.15, 0.2) is 60.7 Å². The normalized spacial score (nSPS) is 12.1. The average Bonchev–Trinajstić information content (AvgIpc) is 2.86. The first-order valence-corrected chi connectivity index (χ1v) is 11.5. The molecule has 3 aromatic rings. The van der Waals surface area contributed by atoms with Gasteiger partial charge >= 0.3 is 5.97 Å². The molecular weight excluding hydrogens is 477 g/mol. The van der Waals surface area contributed by atoms with Gasteiger partial charge in [-0.3, -0.25) is 9.59 Å². The van der Waals surface area contributed by atoms with Gasteiger partial charge in [-0.15, -0.1) is 0 Å². The first-order valence-electron chi connectivity index (χ1n) is 11.5. The van der Waals surface area contributed by atoms with E-state index in [9.17, 15) is 29.1 Å². The molecule has 1 aromatic heterocycles. The van der Waals surface area contributed by atoms with E-state index in [1.165, 1.54) is 32.0 Å². The van der Waals surface area contributed by atoms with Gasteiger partial charge in [0.05, 0.1) is 28.9 Å². The second-order valence-electron chi connectivity index (χ2n) is 8.34. The van der Waals surface area contributed by atoms with Crippen LogP contribution >= 0.6 is 0 Å². The van der Waals surface area contributed by atoms with E-state index >= 15 is 0 Å². The number of nitrogens with zero attached hydrogens (tertiary/aromatic N) is 2. The highest BCUT2D eigenvalue weighted by molar-refractivity contribution is 6.00. The molecule has 4 N–H and O–H groups in total. The molecule has 37 heavy (non-hydrogen) atoms. The molecule has 0 saturated heterocycles. The lowest BCUT2D eigenvalue weighted by Gasteiger charge is -2.22. The Kier molecular flexibility index (Phi) is 8.89. The Bertz CT molecular complexity index is 1350. The molecule has 1 unspecified atom stereocenters. The second kappa shape index (κ2) is 12.3. The Hall–Kier alpha value is -4.78. The Morgan fingerprint density at radius 3 is 2.51 bits per heavy atom. The van der Waals surface area contributed by atoms with E-state index in [-0.39, 0.29) is 17.2 Å². The van der Waals surface area contributed by atoms with E-state index in [1.807, 2.05) is 0 Å². The van der Waals surface area contributed by atoms with Crippen LogP contribution < -0.4 is 16.0 Å². The summed E-state index contributed by atoms with van der Waals surface area (Å²) in [7, 11) is 0. The Morgan fingerprint density at radius 1 is 1.08 bits per heavy atom. The fraction of sp³-hybridized carbons (Fsp3) is 0.222. The van der Waals surface area contributed by atoms with Gasteiger partial charge < -0.3 is 21.1 Å². The highest BCUT2D eigenvalue weighted by Gasteiger charge is 2.28. The van der Waals surface area contributed by atoms with Crippen molar-refractivity contribution in [3.63, 3.8) is 0 Å². The van der Waals surface area contributed by atoms with Gasteiger partial charge in [0, 0.05) is 19.0 Å². The molecular formula is C27H26FN5O4. The van der Waals surface area contributed by atoms with E-state index in [0.717, 1.165) is 5.56 Å². The first-order chi connectivity index (χ1) is 17.7. The number of hydrogen-bond acceptors (Lipinski definition) is 6. The van der Waals surface area contributed by atoms with Crippen molar-refractivity contribution in [2.45, 2.75) is 32.4 Å². The summed E-state index contributed by atoms with van der Waals surface area (Å²) in [4.78, 5) is 40.7.